The zero-order valence-corrected chi connectivity index (χ0v) is 10.00. The maximum atomic E-state index is 11.7. The fraction of sp³-hybridized carbons (Fsp3) is 0.917. The molecule has 0 radical (unpaired) electrons. The predicted molar refractivity (Wildman–Crippen MR) is 61.9 cm³/mol. The van der Waals surface area contributed by atoms with E-state index in [0.717, 1.165) is 32.1 Å². The molecule has 16 heavy (non-hydrogen) atoms. The van der Waals surface area contributed by atoms with Crippen molar-refractivity contribution in [2.75, 3.05) is 13.2 Å². The van der Waals surface area contributed by atoms with Gasteiger partial charge < -0.3 is 10.5 Å². The molecule has 2 rings (SSSR count). The highest BCUT2D eigenvalue weighted by molar-refractivity contribution is 5.86. The molecule has 0 aliphatic heterocycles. The Hall–Kier alpha value is -0.610. The monoisotopic (exact) mass is 226 g/mol. The number of rotatable bonds is 8. The molecule has 0 aromatic heterocycles. The first kappa shape index (κ1) is 11.9. The third-order valence-corrected chi connectivity index (χ3v) is 3.43. The SMILES string of the molecule is CCCOCC(NC1CC1)(C(N)=O)C1CC1. The lowest BCUT2D eigenvalue weighted by atomic mass is 9.93. The predicted octanol–water partition coefficient (Wildman–Crippen LogP) is 0.799. The molecule has 0 heterocycles. The number of hydrogen-bond donors (Lipinski definition) is 2. The molecule has 0 aromatic carbocycles. The van der Waals surface area contributed by atoms with Gasteiger partial charge in [0, 0.05) is 12.6 Å². The van der Waals surface area contributed by atoms with E-state index >= 15 is 0 Å². The number of primary amides is 1. The van der Waals surface area contributed by atoms with Crippen LogP contribution < -0.4 is 11.1 Å². The van der Waals surface area contributed by atoms with Gasteiger partial charge in [0.25, 0.3) is 0 Å². The summed E-state index contributed by atoms with van der Waals surface area (Å²) in [5.41, 5.74) is 5.00. The molecule has 2 aliphatic carbocycles. The molecule has 0 bridgehead atoms. The van der Waals surface area contributed by atoms with Gasteiger partial charge in [0.15, 0.2) is 0 Å². The molecule has 2 aliphatic rings. The fourth-order valence-electron chi connectivity index (χ4n) is 2.17. The molecule has 92 valence electrons. The summed E-state index contributed by atoms with van der Waals surface area (Å²) >= 11 is 0. The lowest BCUT2D eigenvalue weighted by Gasteiger charge is -2.32. The Kier molecular flexibility index (Phi) is 3.50. The molecule has 4 heteroatoms. The van der Waals surface area contributed by atoms with Crippen molar-refractivity contribution in [2.45, 2.75) is 50.6 Å². The van der Waals surface area contributed by atoms with Crippen LogP contribution in [0.1, 0.15) is 39.0 Å². The van der Waals surface area contributed by atoms with Crippen molar-refractivity contribution in [1.29, 1.82) is 0 Å². The van der Waals surface area contributed by atoms with Crippen LogP contribution in [0.5, 0.6) is 0 Å². The number of carbonyl (C=O) groups excluding carboxylic acids is 1. The minimum atomic E-state index is -0.587. The summed E-state index contributed by atoms with van der Waals surface area (Å²) in [6.07, 6.45) is 5.49. The zero-order valence-electron chi connectivity index (χ0n) is 10.00. The number of carbonyl (C=O) groups is 1. The summed E-state index contributed by atoms with van der Waals surface area (Å²) in [4.78, 5) is 11.7. The van der Waals surface area contributed by atoms with Gasteiger partial charge in [0.1, 0.15) is 5.54 Å². The van der Waals surface area contributed by atoms with E-state index in [-0.39, 0.29) is 5.91 Å². The van der Waals surface area contributed by atoms with Crippen LogP contribution in [0, 0.1) is 5.92 Å². The summed E-state index contributed by atoms with van der Waals surface area (Å²) in [6, 6.07) is 0.485. The molecule has 2 saturated carbocycles. The summed E-state index contributed by atoms with van der Waals surface area (Å²) in [5.74, 6) is 0.153. The Bertz CT molecular complexity index is 262. The standard InChI is InChI=1S/C12H22N2O2/c1-2-7-16-8-12(11(13)15,9-3-4-9)14-10-5-6-10/h9-10,14H,2-8H2,1H3,(H2,13,15). The van der Waals surface area contributed by atoms with Crippen LogP contribution in [0.2, 0.25) is 0 Å². The van der Waals surface area contributed by atoms with Crippen LogP contribution in [-0.4, -0.2) is 30.7 Å². The molecule has 1 atom stereocenters. The van der Waals surface area contributed by atoms with Crippen molar-refractivity contribution >= 4 is 5.91 Å². The summed E-state index contributed by atoms with van der Waals surface area (Å²) in [5, 5.41) is 3.43. The highest BCUT2D eigenvalue weighted by Gasteiger charge is 2.52. The van der Waals surface area contributed by atoms with Crippen molar-refractivity contribution in [3.05, 3.63) is 0 Å². The maximum Gasteiger partial charge on any atom is 0.240 e. The van der Waals surface area contributed by atoms with Crippen molar-refractivity contribution < 1.29 is 9.53 Å². The van der Waals surface area contributed by atoms with Crippen LogP contribution in [0.4, 0.5) is 0 Å². The van der Waals surface area contributed by atoms with Crippen molar-refractivity contribution in [2.24, 2.45) is 11.7 Å². The Morgan fingerprint density at radius 1 is 1.44 bits per heavy atom. The molecule has 2 fully saturated rings. The number of hydrogen-bond acceptors (Lipinski definition) is 3. The second-order valence-electron chi connectivity index (χ2n) is 5.08. The van der Waals surface area contributed by atoms with E-state index in [1.165, 1.54) is 0 Å². The third-order valence-electron chi connectivity index (χ3n) is 3.43. The average Bonchev–Trinajstić information content (AvgIpc) is 3.10. The Morgan fingerprint density at radius 3 is 2.56 bits per heavy atom. The van der Waals surface area contributed by atoms with E-state index in [0.29, 0.717) is 25.2 Å². The smallest absolute Gasteiger partial charge is 0.240 e. The van der Waals surface area contributed by atoms with E-state index in [2.05, 4.69) is 12.2 Å². The van der Waals surface area contributed by atoms with Gasteiger partial charge in [-0.3, -0.25) is 10.1 Å². The van der Waals surface area contributed by atoms with Crippen LogP contribution in [0.3, 0.4) is 0 Å². The third kappa shape index (κ3) is 2.55. The van der Waals surface area contributed by atoms with Crippen molar-refractivity contribution in [3.8, 4) is 0 Å². The number of nitrogens with one attached hydrogen (secondary N) is 1. The van der Waals surface area contributed by atoms with Crippen molar-refractivity contribution in [3.63, 3.8) is 0 Å². The summed E-state index contributed by atoms with van der Waals surface area (Å²) in [6.45, 7) is 3.21. The van der Waals surface area contributed by atoms with Crippen LogP contribution >= 0.6 is 0 Å². The van der Waals surface area contributed by atoms with Gasteiger partial charge in [0.05, 0.1) is 6.61 Å². The molecule has 0 spiro atoms. The molecule has 3 N–H and O–H groups in total. The Labute approximate surface area is 96.9 Å². The first-order valence-electron chi connectivity index (χ1n) is 6.34. The highest BCUT2D eigenvalue weighted by Crippen LogP contribution is 2.41. The molecule has 1 unspecified atom stereocenters. The lowest BCUT2D eigenvalue weighted by molar-refractivity contribution is -0.128. The minimum absolute atomic E-state index is 0.238. The number of nitrogens with two attached hydrogens (primary N) is 1. The lowest BCUT2D eigenvalue weighted by Crippen LogP contribution is -2.61. The van der Waals surface area contributed by atoms with Gasteiger partial charge in [-0.05, 0) is 38.0 Å². The summed E-state index contributed by atoms with van der Waals surface area (Å²) in [7, 11) is 0. The normalized spacial score (nSPS) is 24.1. The summed E-state index contributed by atoms with van der Waals surface area (Å²) < 4.78 is 5.58. The van der Waals surface area contributed by atoms with Gasteiger partial charge in [-0.15, -0.1) is 0 Å². The molecule has 4 nitrogen and oxygen atoms in total. The average molecular weight is 226 g/mol. The minimum Gasteiger partial charge on any atom is -0.379 e. The molecular weight excluding hydrogens is 204 g/mol. The van der Waals surface area contributed by atoms with Gasteiger partial charge in [-0.2, -0.15) is 0 Å². The first-order valence-corrected chi connectivity index (χ1v) is 6.34. The maximum absolute atomic E-state index is 11.7. The van der Waals surface area contributed by atoms with Gasteiger partial charge in [-0.1, -0.05) is 6.92 Å². The fourth-order valence-corrected chi connectivity index (χ4v) is 2.17. The molecular formula is C12H22N2O2. The van der Waals surface area contributed by atoms with Gasteiger partial charge in [-0.25, -0.2) is 0 Å². The Morgan fingerprint density at radius 2 is 2.12 bits per heavy atom. The quantitative estimate of drug-likeness (QED) is 0.602. The van der Waals surface area contributed by atoms with Crippen molar-refractivity contribution in [1.82, 2.24) is 5.32 Å². The first-order chi connectivity index (χ1) is 7.69. The van der Waals surface area contributed by atoms with E-state index in [9.17, 15) is 4.79 Å². The van der Waals surface area contributed by atoms with Gasteiger partial charge in [0.2, 0.25) is 5.91 Å². The number of ether oxygens (including phenoxy) is 1. The second-order valence-corrected chi connectivity index (χ2v) is 5.08. The van der Waals surface area contributed by atoms with E-state index in [1.54, 1.807) is 0 Å². The topological polar surface area (TPSA) is 64.3 Å². The van der Waals surface area contributed by atoms with E-state index in [4.69, 9.17) is 10.5 Å². The second kappa shape index (κ2) is 4.72. The molecule has 1 amide bonds. The van der Waals surface area contributed by atoms with Crippen LogP contribution in [0.25, 0.3) is 0 Å². The highest BCUT2D eigenvalue weighted by atomic mass is 16.5. The largest absolute Gasteiger partial charge is 0.379 e. The number of amides is 1. The van der Waals surface area contributed by atoms with Crippen LogP contribution in [-0.2, 0) is 9.53 Å². The molecule has 0 saturated heterocycles. The molecule has 0 aromatic rings. The van der Waals surface area contributed by atoms with E-state index < -0.39 is 5.54 Å². The van der Waals surface area contributed by atoms with Crippen LogP contribution in [0.15, 0.2) is 0 Å². The van der Waals surface area contributed by atoms with E-state index in [1.807, 2.05) is 0 Å². The van der Waals surface area contributed by atoms with Gasteiger partial charge >= 0.3 is 0 Å². The Balaban J connectivity index is 1.98. The zero-order chi connectivity index (χ0) is 11.6.